The first-order valence-electron chi connectivity index (χ1n) is 6.61. The average molecular weight is 290 g/mol. The van der Waals surface area contributed by atoms with Crippen molar-refractivity contribution in [3.63, 3.8) is 0 Å². The fourth-order valence-corrected chi connectivity index (χ4v) is 2.88. The minimum Gasteiger partial charge on any atom is -0.393 e. The van der Waals surface area contributed by atoms with Crippen LogP contribution in [0.2, 0.25) is 0 Å². The van der Waals surface area contributed by atoms with Gasteiger partial charge in [-0.25, -0.2) is 0 Å². The van der Waals surface area contributed by atoms with E-state index in [2.05, 4.69) is 9.62 Å². The summed E-state index contributed by atoms with van der Waals surface area (Å²) in [5.41, 5.74) is 2.37. The summed E-state index contributed by atoms with van der Waals surface area (Å²) in [6.07, 6.45) is -4.30. The van der Waals surface area contributed by atoms with E-state index in [4.69, 9.17) is 0 Å². The van der Waals surface area contributed by atoms with E-state index in [-0.39, 0.29) is 6.98 Å². The minimum atomic E-state index is -4.30. The molecule has 1 aliphatic heterocycles. The largest absolute Gasteiger partial charge is 0.416 e. The smallest absolute Gasteiger partial charge is 0.393 e. The van der Waals surface area contributed by atoms with Gasteiger partial charge in [0, 0.05) is 11.4 Å². The molecule has 21 heavy (non-hydrogen) atoms. The monoisotopic (exact) mass is 290 g/mol. The highest BCUT2D eigenvalue weighted by atomic mass is 19.4. The molecule has 0 saturated carbocycles. The molecule has 0 amide bonds. The van der Waals surface area contributed by atoms with Gasteiger partial charge in [-0.1, -0.05) is 36.4 Å². The summed E-state index contributed by atoms with van der Waals surface area (Å²) in [6, 6.07) is 13.3. The molecule has 0 N–H and O–H groups in total. The van der Waals surface area contributed by atoms with Crippen molar-refractivity contribution in [2.45, 2.75) is 6.18 Å². The molecule has 0 saturated heterocycles. The second kappa shape index (κ2) is 4.72. The number of fused-ring (bicyclic) bond motifs is 1. The second-order valence-corrected chi connectivity index (χ2v) is 5.20. The Morgan fingerprint density at radius 3 is 1.71 bits per heavy atom. The highest BCUT2D eigenvalue weighted by molar-refractivity contribution is 6.81. The summed E-state index contributed by atoms with van der Waals surface area (Å²) in [5, 5.41) is 0. The summed E-state index contributed by atoms with van der Waals surface area (Å²) < 4.78 is 37.9. The van der Waals surface area contributed by atoms with Crippen LogP contribution >= 0.6 is 0 Å². The van der Waals surface area contributed by atoms with Gasteiger partial charge in [-0.15, -0.1) is 0 Å². The Balaban J connectivity index is 1.95. The van der Waals surface area contributed by atoms with Crippen LogP contribution in [0.3, 0.4) is 0 Å². The van der Waals surface area contributed by atoms with Crippen LogP contribution in [0.1, 0.15) is 5.56 Å². The molecule has 0 atom stereocenters. The van der Waals surface area contributed by atoms with Crippen LogP contribution in [0.5, 0.6) is 0 Å². The van der Waals surface area contributed by atoms with Crippen molar-refractivity contribution in [3.8, 4) is 0 Å². The number of rotatable bonds is 1. The molecule has 1 heterocycles. The highest BCUT2D eigenvalue weighted by Gasteiger charge is 2.38. The van der Waals surface area contributed by atoms with Crippen molar-refractivity contribution in [2.75, 3.05) is 23.7 Å². The van der Waals surface area contributed by atoms with Crippen LogP contribution in [0.25, 0.3) is 0 Å². The van der Waals surface area contributed by atoms with Crippen LogP contribution in [-0.2, 0) is 6.18 Å². The number of nitrogens with zero attached hydrogens (tertiary/aromatic N) is 2. The molecule has 3 rings (SSSR count). The zero-order valence-electron chi connectivity index (χ0n) is 11.7. The fourth-order valence-electron chi connectivity index (χ4n) is 2.88. The van der Waals surface area contributed by atoms with Crippen molar-refractivity contribution in [3.05, 3.63) is 54.1 Å². The van der Waals surface area contributed by atoms with Crippen molar-refractivity contribution < 1.29 is 13.2 Å². The number of alkyl halides is 3. The number of para-hydroxylation sites is 2. The Labute approximate surface area is 121 Å². The van der Waals surface area contributed by atoms with E-state index in [0.717, 1.165) is 29.0 Å². The van der Waals surface area contributed by atoms with E-state index in [1.165, 1.54) is 0 Å². The predicted molar refractivity (Wildman–Crippen MR) is 80.1 cm³/mol. The molecule has 0 spiro atoms. The van der Waals surface area contributed by atoms with Crippen LogP contribution in [0, 0.1) is 0 Å². The number of hydrogen-bond acceptors (Lipinski definition) is 2. The standard InChI is InChI=1S/C15H14BF3N2/c1-20-13-5-3-4-6-14(13)21(2)16(20)12-9-7-11(8-10-12)15(17,18)19/h3-10H,1-2H3. The molecule has 108 valence electrons. The molecule has 0 fully saturated rings. The molecule has 0 unspecified atom stereocenters. The van der Waals surface area contributed by atoms with Gasteiger partial charge in [-0.3, -0.25) is 0 Å². The molecule has 0 aliphatic carbocycles. The molecule has 0 radical (unpaired) electrons. The third-order valence-corrected chi connectivity index (χ3v) is 3.91. The third-order valence-electron chi connectivity index (χ3n) is 3.91. The first-order chi connectivity index (χ1) is 9.89. The van der Waals surface area contributed by atoms with E-state index in [9.17, 15) is 13.2 Å². The Hall–Kier alpha value is -2.11. The first-order valence-corrected chi connectivity index (χ1v) is 6.61. The minimum absolute atomic E-state index is 0.0929. The van der Waals surface area contributed by atoms with E-state index in [1.54, 1.807) is 12.1 Å². The van der Waals surface area contributed by atoms with Crippen LogP contribution in [-0.4, -0.2) is 21.1 Å². The van der Waals surface area contributed by atoms with Crippen LogP contribution in [0.4, 0.5) is 24.5 Å². The lowest BCUT2D eigenvalue weighted by atomic mass is 9.66. The maximum atomic E-state index is 12.6. The van der Waals surface area contributed by atoms with Crippen molar-refractivity contribution >= 4 is 23.8 Å². The summed E-state index contributed by atoms with van der Waals surface area (Å²) in [6.45, 7) is -0.0929. The maximum Gasteiger partial charge on any atom is 0.416 e. The van der Waals surface area contributed by atoms with Gasteiger partial charge in [0.25, 0.3) is 0 Å². The maximum absolute atomic E-state index is 12.6. The molecule has 1 aliphatic rings. The Morgan fingerprint density at radius 1 is 0.810 bits per heavy atom. The van der Waals surface area contributed by atoms with Crippen molar-refractivity contribution in [1.82, 2.24) is 0 Å². The van der Waals surface area contributed by atoms with Crippen molar-refractivity contribution in [2.24, 2.45) is 0 Å². The fraction of sp³-hybridized carbons (Fsp3) is 0.200. The Morgan fingerprint density at radius 2 is 1.29 bits per heavy atom. The number of hydrogen-bond donors (Lipinski definition) is 0. The zero-order valence-corrected chi connectivity index (χ0v) is 11.7. The second-order valence-electron chi connectivity index (χ2n) is 5.20. The van der Waals surface area contributed by atoms with Gasteiger partial charge >= 0.3 is 13.2 Å². The number of benzene rings is 2. The van der Waals surface area contributed by atoms with Crippen LogP contribution < -0.4 is 15.1 Å². The van der Waals surface area contributed by atoms with Gasteiger partial charge in [0.1, 0.15) is 0 Å². The topological polar surface area (TPSA) is 6.48 Å². The highest BCUT2D eigenvalue weighted by Crippen LogP contribution is 2.35. The molecular weight excluding hydrogens is 276 g/mol. The van der Waals surface area contributed by atoms with Gasteiger partial charge in [0.05, 0.1) is 5.56 Å². The Bertz CT molecular complexity index is 626. The summed E-state index contributed by atoms with van der Waals surface area (Å²) in [7, 11) is 3.90. The lowest BCUT2D eigenvalue weighted by Crippen LogP contribution is -2.53. The van der Waals surface area contributed by atoms with Gasteiger partial charge in [0.15, 0.2) is 0 Å². The number of halogens is 3. The summed E-state index contributed by atoms with van der Waals surface area (Å²) >= 11 is 0. The Kier molecular flexibility index (Phi) is 3.12. The van der Waals surface area contributed by atoms with E-state index < -0.39 is 11.7 Å². The normalized spacial score (nSPS) is 14.6. The third kappa shape index (κ3) is 2.24. The van der Waals surface area contributed by atoms with E-state index >= 15 is 0 Å². The molecule has 2 aromatic rings. The van der Waals surface area contributed by atoms with Gasteiger partial charge < -0.3 is 9.62 Å². The average Bonchev–Trinajstić information content (AvgIpc) is 2.71. The molecule has 0 aromatic heterocycles. The van der Waals surface area contributed by atoms with Gasteiger partial charge in [-0.05, 0) is 31.7 Å². The first kappa shape index (κ1) is 13.9. The quantitative estimate of drug-likeness (QED) is 0.745. The molecule has 2 aromatic carbocycles. The van der Waals surface area contributed by atoms with Crippen molar-refractivity contribution in [1.29, 1.82) is 0 Å². The predicted octanol–water partition coefficient (Wildman–Crippen LogP) is 2.99. The van der Waals surface area contributed by atoms with E-state index in [0.29, 0.717) is 0 Å². The zero-order chi connectivity index (χ0) is 15.2. The lowest BCUT2D eigenvalue weighted by molar-refractivity contribution is -0.137. The summed E-state index contributed by atoms with van der Waals surface area (Å²) in [5.74, 6) is 0. The van der Waals surface area contributed by atoms with E-state index in [1.807, 2.05) is 38.4 Å². The summed E-state index contributed by atoms with van der Waals surface area (Å²) in [4.78, 5) is 4.13. The molecule has 6 heteroatoms. The lowest BCUT2D eigenvalue weighted by Gasteiger charge is -2.24. The molecule has 2 nitrogen and oxygen atoms in total. The number of anilines is 2. The van der Waals surface area contributed by atoms with Gasteiger partial charge in [-0.2, -0.15) is 13.2 Å². The van der Waals surface area contributed by atoms with Crippen LogP contribution in [0.15, 0.2) is 48.5 Å². The molecule has 0 bridgehead atoms. The van der Waals surface area contributed by atoms with Gasteiger partial charge in [0.2, 0.25) is 0 Å². The SMILES string of the molecule is CN1B(c2ccc(C(F)(F)F)cc2)N(C)c2ccccc21. The molecular formula is C15H14BF3N2.